The Morgan fingerprint density at radius 1 is 1.33 bits per heavy atom. The summed E-state index contributed by atoms with van der Waals surface area (Å²) in [5.41, 5.74) is 1.22. The normalized spacial score (nSPS) is 18.6. The Hall–Kier alpha value is -2.35. The van der Waals surface area contributed by atoms with Gasteiger partial charge >= 0.3 is 6.18 Å². The lowest BCUT2D eigenvalue weighted by molar-refractivity contribution is -0.233. The van der Waals surface area contributed by atoms with E-state index in [0.29, 0.717) is 12.1 Å². The fraction of sp³-hybridized carbons (Fsp3) is 0.375. The van der Waals surface area contributed by atoms with Crippen LogP contribution in [0.4, 0.5) is 13.2 Å². The van der Waals surface area contributed by atoms with Gasteiger partial charge < -0.3 is 9.64 Å². The molecule has 24 heavy (non-hydrogen) atoms. The molecular formula is C16H16F3N3O2. The zero-order chi connectivity index (χ0) is 17.2. The predicted molar refractivity (Wildman–Crippen MR) is 79.5 cm³/mol. The summed E-state index contributed by atoms with van der Waals surface area (Å²) in [4.78, 5) is 13.7. The molecule has 1 atom stereocenters. The van der Waals surface area contributed by atoms with Crippen molar-refractivity contribution < 1.29 is 22.7 Å². The lowest BCUT2D eigenvalue weighted by Gasteiger charge is -2.33. The van der Waals surface area contributed by atoms with Gasteiger partial charge in [-0.1, -0.05) is 12.1 Å². The van der Waals surface area contributed by atoms with E-state index in [4.69, 9.17) is 4.74 Å². The van der Waals surface area contributed by atoms with Crippen LogP contribution in [-0.4, -0.2) is 52.6 Å². The van der Waals surface area contributed by atoms with Gasteiger partial charge in [-0.05, 0) is 23.8 Å². The molecule has 2 heterocycles. The van der Waals surface area contributed by atoms with Gasteiger partial charge in [0.05, 0.1) is 19.7 Å². The largest absolute Gasteiger partial charge is 0.416 e. The predicted octanol–water partition coefficient (Wildman–Crippen LogP) is 2.33. The molecule has 1 aliphatic rings. The molecule has 0 unspecified atom stereocenters. The smallest absolute Gasteiger partial charge is 0.365 e. The number of nitrogens with zero attached hydrogens (tertiary/aromatic N) is 3. The second kappa shape index (κ2) is 6.64. The number of morpholine rings is 1. The second-order valence-corrected chi connectivity index (χ2v) is 5.56. The average molecular weight is 339 g/mol. The summed E-state index contributed by atoms with van der Waals surface area (Å²) in [5, 5.41) is 4.09. The van der Waals surface area contributed by atoms with Crippen molar-refractivity contribution in [3.05, 3.63) is 53.9 Å². The molecule has 3 rings (SSSR count). The molecule has 5 nitrogen and oxygen atoms in total. The summed E-state index contributed by atoms with van der Waals surface area (Å²) in [5.74, 6) is -0.421. The molecular weight excluding hydrogens is 323 g/mol. The van der Waals surface area contributed by atoms with E-state index >= 15 is 0 Å². The maximum atomic E-state index is 12.8. The average Bonchev–Trinajstić information content (AvgIpc) is 3.07. The molecule has 1 amide bonds. The third-order valence-electron chi connectivity index (χ3n) is 3.80. The number of hydrogen-bond acceptors (Lipinski definition) is 3. The molecule has 1 saturated heterocycles. The number of alkyl halides is 3. The fourth-order valence-electron chi connectivity index (χ4n) is 2.60. The molecule has 0 bridgehead atoms. The van der Waals surface area contributed by atoms with Gasteiger partial charge in [-0.3, -0.25) is 9.48 Å². The maximum absolute atomic E-state index is 12.8. The number of benzene rings is 1. The van der Waals surface area contributed by atoms with Crippen molar-refractivity contribution in [1.29, 1.82) is 0 Å². The SMILES string of the molecule is O=C(c1cccc(Cn2cccn2)c1)N1CCO[C@@H](C(F)(F)F)C1. The maximum Gasteiger partial charge on any atom is 0.416 e. The van der Waals surface area contributed by atoms with Crippen molar-refractivity contribution in [1.82, 2.24) is 14.7 Å². The highest BCUT2D eigenvalue weighted by atomic mass is 19.4. The van der Waals surface area contributed by atoms with E-state index in [2.05, 4.69) is 5.10 Å². The third-order valence-corrected chi connectivity index (χ3v) is 3.80. The highest BCUT2D eigenvalue weighted by Crippen LogP contribution is 2.26. The number of halogens is 3. The molecule has 0 aliphatic carbocycles. The van der Waals surface area contributed by atoms with Gasteiger partial charge in [-0.2, -0.15) is 18.3 Å². The standard InChI is InChI=1S/C16H16F3N3O2/c17-16(18,19)14-11-21(7-8-24-14)15(23)13-4-1-3-12(9-13)10-22-6-2-5-20-22/h1-6,9,14H,7-8,10-11H2/t14-/m1/s1. The molecule has 128 valence electrons. The molecule has 2 aromatic rings. The Kier molecular flexibility index (Phi) is 4.57. The number of carbonyl (C=O) groups is 1. The minimum atomic E-state index is -4.47. The van der Waals surface area contributed by atoms with Crippen LogP contribution in [0.2, 0.25) is 0 Å². The Morgan fingerprint density at radius 2 is 2.17 bits per heavy atom. The fourth-order valence-corrected chi connectivity index (χ4v) is 2.60. The quantitative estimate of drug-likeness (QED) is 0.862. The summed E-state index contributed by atoms with van der Waals surface area (Å²) in [6.45, 7) is 0.0335. The Bertz CT molecular complexity index is 701. The van der Waals surface area contributed by atoms with Gasteiger partial charge in [0.25, 0.3) is 5.91 Å². The van der Waals surface area contributed by atoms with Crippen LogP contribution in [0.1, 0.15) is 15.9 Å². The van der Waals surface area contributed by atoms with Crippen LogP contribution in [0.25, 0.3) is 0 Å². The van der Waals surface area contributed by atoms with Gasteiger partial charge in [0.2, 0.25) is 0 Å². The Balaban J connectivity index is 1.72. The van der Waals surface area contributed by atoms with Gasteiger partial charge in [0.1, 0.15) is 0 Å². The number of rotatable bonds is 3. The van der Waals surface area contributed by atoms with Crippen molar-refractivity contribution in [3.63, 3.8) is 0 Å². The summed E-state index contributed by atoms with van der Waals surface area (Å²) >= 11 is 0. The lowest BCUT2D eigenvalue weighted by atomic mass is 10.1. The van der Waals surface area contributed by atoms with Crippen LogP contribution in [0.15, 0.2) is 42.7 Å². The minimum absolute atomic E-state index is 0.122. The Labute approximate surface area is 136 Å². The lowest BCUT2D eigenvalue weighted by Crippen LogP contribution is -2.51. The molecule has 1 aliphatic heterocycles. The van der Waals surface area contributed by atoms with E-state index in [1.807, 2.05) is 6.07 Å². The number of ether oxygens (including phenoxy) is 1. The summed E-state index contributed by atoms with van der Waals surface area (Å²) < 4.78 is 44.8. The van der Waals surface area contributed by atoms with Crippen molar-refractivity contribution >= 4 is 5.91 Å². The van der Waals surface area contributed by atoms with E-state index in [1.54, 1.807) is 41.3 Å². The summed E-state index contributed by atoms with van der Waals surface area (Å²) in [7, 11) is 0. The topological polar surface area (TPSA) is 47.4 Å². The van der Waals surface area contributed by atoms with Crippen LogP contribution >= 0.6 is 0 Å². The molecule has 8 heteroatoms. The van der Waals surface area contributed by atoms with Crippen molar-refractivity contribution in [2.75, 3.05) is 19.7 Å². The first kappa shape index (κ1) is 16.5. The number of aromatic nitrogens is 2. The third kappa shape index (κ3) is 3.76. The van der Waals surface area contributed by atoms with Crippen LogP contribution in [-0.2, 0) is 11.3 Å². The van der Waals surface area contributed by atoms with E-state index in [0.717, 1.165) is 5.56 Å². The van der Waals surface area contributed by atoms with E-state index < -0.39 is 24.7 Å². The van der Waals surface area contributed by atoms with Crippen LogP contribution in [0, 0.1) is 0 Å². The molecule has 0 N–H and O–H groups in total. The van der Waals surface area contributed by atoms with Gasteiger partial charge in [-0.25, -0.2) is 0 Å². The zero-order valence-corrected chi connectivity index (χ0v) is 12.7. The van der Waals surface area contributed by atoms with Crippen LogP contribution < -0.4 is 0 Å². The van der Waals surface area contributed by atoms with E-state index in [-0.39, 0.29) is 13.2 Å². The van der Waals surface area contributed by atoms with Crippen molar-refractivity contribution in [3.8, 4) is 0 Å². The minimum Gasteiger partial charge on any atom is -0.365 e. The molecule has 0 spiro atoms. The van der Waals surface area contributed by atoms with E-state index in [9.17, 15) is 18.0 Å². The zero-order valence-electron chi connectivity index (χ0n) is 12.7. The number of carbonyl (C=O) groups excluding carboxylic acids is 1. The second-order valence-electron chi connectivity index (χ2n) is 5.56. The monoisotopic (exact) mass is 339 g/mol. The van der Waals surface area contributed by atoms with Gasteiger partial charge in [0.15, 0.2) is 6.10 Å². The van der Waals surface area contributed by atoms with Gasteiger partial charge in [-0.15, -0.1) is 0 Å². The first-order chi connectivity index (χ1) is 11.4. The molecule has 1 fully saturated rings. The first-order valence-electron chi connectivity index (χ1n) is 7.47. The first-order valence-corrected chi connectivity index (χ1v) is 7.47. The number of amides is 1. The molecule has 1 aromatic heterocycles. The highest BCUT2D eigenvalue weighted by Gasteiger charge is 2.44. The van der Waals surface area contributed by atoms with Crippen molar-refractivity contribution in [2.45, 2.75) is 18.8 Å². The van der Waals surface area contributed by atoms with Crippen molar-refractivity contribution in [2.24, 2.45) is 0 Å². The van der Waals surface area contributed by atoms with Crippen LogP contribution in [0.5, 0.6) is 0 Å². The summed E-state index contributed by atoms with van der Waals surface area (Å²) in [6.07, 6.45) is -2.95. The van der Waals surface area contributed by atoms with E-state index in [1.165, 1.54) is 4.90 Å². The van der Waals surface area contributed by atoms with Crippen LogP contribution in [0.3, 0.4) is 0 Å². The highest BCUT2D eigenvalue weighted by molar-refractivity contribution is 5.94. The Morgan fingerprint density at radius 3 is 2.88 bits per heavy atom. The molecule has 1 aromatic carbocycles. The van der Waals surface area contributed by atoms with Gasteiger partial charge in [0, 0.05) is 24.5 Å². The molecule has 0 radical (unpaired) electrons. The summed E-state index contributed by atoms with van der Waals surface area (Å²) in [6, 6.07) is 8.64. The number of hydrogen-bond donors (Lipinski definition) is 0. The molecule has 0 saturated carbocycles.